The molecule has 5 heteroatoms. The molecule has 4 rings (SSSR count). The SMILES string of the molecule is O=C(O)c1cccc(CCC(O)c2cccc(OCc3ccc4ccccc4n3)c2)c1. The molecule has 0 fully saturated rings. The summed E-state index contributed by atoms with van der Waals surface area (Å²) in [5.74, 6) is -0.285. The van der Waals surface area contributed by atoms with Gasteiger partial charge < -0.3 is 14.9 Å². The van der Waals surface area contributed by atoms with Crippen LogP contribution in [0.25, 0.3) is 10.9 Å². The maximum absolute atomic E-state index is 11.1. The lowest BCUT2D eigenvalue weighted by atomic mass is 10.00. The lowest BCUT2D eigenvalue weighted by Gasteiger charge is -2.13. The second-order valence-electron chi connectivity index (χ2n) is 7.42. The Balaban J connectivity index is 1.37. The van der Waals surface area contributed by atoms with Crippen LogP contribution in [0.15, 0.2) is 84.9 Å². The third kappa shape index (κ3) is 5.27. The van der Waals surface area contributed by atoms with E-state index in [1.165, 1.54) is 0 Å². The molecule has 31 heavy (non-hydrogen) atoms. The molecule has 0 aliphatic rings. The van der Waals surface area contributed by atoms with Crippen LogP contribution in [0.5, 0.6) is 5.75 Å². The molecule has 0 amide bonds. The third-order valence-electron chi connectivity index (χ3n) is 5.17. The van der Waals surface area contributed by atoms with E-state index in [-0.39, 0.29) is 5.56 Å². The smallest absolute Gasteiger partial charge is 0.335 e. The highest BCUT2D eigenvalue weighted by Gasteiger charge is 2.11. The Morgan fingerprint density at radius 1 is 0.935 bits per heavy atom. The Kier molecular flexibility index (Phi) is 6.24. The number of rotatable bonds is 8. The van der Waals surface area contributed by atoms with Crippen molar-refractivity contribution in [2.24, 2.45) is 0 Å². The minimum Gasteiger partial charge on any atom is -0.487 e. The van der Waals surface area contributed by atoms with Gasteiger partial charge in [-0.25, -0.2) is 9.78 Å². The number of aryl methyl sites for hydroxylation is 1. The van der Waals surface area contributed by atoms with Gasteiger partial charge in [0.1, 0.15) is 12.4 Å². The van der Waals surface area contributed by atoms with E-state index in [2.05, 4.69) is 4.98 Å². The maximum atomic E-state index is 11.1. The van der Waals surface area contributed by atoms with Gasteiger partial charge in [-0.2, -0.15) is 0 Å². The summed E-state index contributed by atoms with van der Waals surface area (Å²) in [5.41, 5.74) is 3.67. The van der Waals surface area contributed by atoms with Crippen LogP contribution in [0, 0.1) is 0 Å². The second-order valence-corrected chi connectivity index (χ2v) is 7.42. The molecule has 1 unspecified atom stereocenters. The van der Waals surface area contributed by atoms with Crippen molar-refractivity contribution in [2.45, 2.75) is 25.6 Å². The molecule has 4 aromatic rings. The largest absolute Gasteiger partial charge is 0.487 e. The van der Waals surface area contributed by atoms with E-state index in [4.69, 9.17) is 9.84 Å². The van der Waals surface area contributed by atoms with Crippen LogP contribution in [0.4, 0.5) is 0 Å². The molecule has 1 atom stereocenters. The van der Waals surface area contributed by atoms with E-state index in [0.717, 1.165) is 27.7 Å². The van der Waals surface area contributed by atoms with Crippen molar-refractivity contribution in [1.82, 2.24) is 4.98 Å². The normalized spacial score (nSPS) is 11.9. The van der Waals surface area contributed by atoms with Gasteiger partial charge >= 0.3 is 5.97 Å². The number of para-hydroxylation sites is 1. The summed E-state index contributed by atoms with van der Waals surface area (Å²) in [6, 6.07) is 26.1. The lowest BCUT2D eigenvalue weighted by Crippen LogP contribution is -2.03. The van der Waals surface area contributed by atoms with E-state index in [9.17, 15) is 9.90 Å². The molecule has 156 valence electrons. The number of carboxylic acid groups (broad SMARTS) is 1. The molecular weight excluding hydrogens is 390 g/mol. The number of aliphatic hydroxyl groups is 1. The van der Waals surface area contributed by atoms with Gasteiger partial charge in [0.2, 0.25) is 0 Å². The zero-order valence-electron chi connectivity index (χ0n) is 16.9. The molecule has 0 saturated heterocycles. The molecule has 0 aliphatic carbocycles. The highest BCUT2D eigenvalue weighted by molar-refractivity contribution is 5.87. The molecule has 0 saturated carbocycles. The Morgan fingerprint density at radius 3 is 2.65 bits per heavy atom. The van der Waals surface area contributed by atoms with Crippen molar-refractivity contribution >= 4 is 16.9 Å². The first-order valence-electron chi connectivity index (χ1n) is 10.2. The van der Waals surface area contributed by atoms with Gasteiger partial charge in [0, 0.05) is 5.39 Å². The number of carbonyl (C=O) groups is 1. The summed E-state index contributed by atoms with van der Waals surface area (Å²) in [6.07, 6.45) is 0.392. The summed E-state index contributed by atoms with van der Waals surface area (Å²) < 4.78 is 5.90. The van der Waals surface area contributed by atoms with Crippen LogP contribution < -0.4 is 4.74 Å². The Morgan fingerprint density at radius 2 is 1.77 bits per heavy atom. The minimum atomic E-state index is -0.951. The average molecular weight is 413 g/mol. The number of aromatic carboxylic acids is 1. The van der Waals surface area contributed by atoms with Crippen LogP contribution in [0.1, 0.15) is 39.7 Å². The molecule has 5 nitrogen and oxygen atoms in total. The van der Waals surface area contributed by atoms with Crippen molar-refractivity contribution in [3.05, 3.63) is 107 Å². The van der Waals surface area contributed by atoms with Gasteiger partial charge in [-0.3, -0.25) is 0 Å². The second kappa shape index (κ2) is 9.41. The number of ether oxygens (including phenoxy) is 1. The number of aromatic nitrogens is 1. The zero-order valence-corrected chi connectivity index (χ0v) is 16.9. The van der Waals surface area contributed by atoms with E-state index in [1.54, 1.807) is 18.2 Å². The Labute approximate surface area is 180 Å². The minimum absolute atomic E-state index is 0.254. The monoisotopic (exact) mass is 413 g/mol. The number of hydrogen-bond donors (Lipinski definition) is 2. The van der Waals surface area contributed by atoms with Gasteiger partial charge in [0.15, 0.2) is 0 Å². The number of benzene rings is 3. The fourth-order valence-corrected chi connectivity index (χ4v) is 3.49. The van der Waals surface area contributed by atoms with Crippen molar-refractivity contribution in [1.29, 1.82) is 0 Å². The first-order chi connectivity index (χ1) is 15.1. The van der Waals surface area contributed by atoms with Crippen molar-refractivity contribution in [3.8, 4) is 5.75 Å². The molecule has 0 aliphatic heterocycles. The van der Waals surface area contributed by atoms with E-state index in [1.807, 2.05) is 66.7 Å². The molecule has 0 spiro atoms. The van der Waals surface area contributed by atoms with Gasteiger partial charge in [-0.15, -0.1) is 0 Å². The summed E-state index contributed by atoms with van der Waals surface area (Å²) in [6.45, 7) is 0.340. The summed E-state index contributed by atoms with van der Waals surface area (Å²) >= 11 is 0. The van der Waals surface area contributed by atoms with E-state index in [0.29, 0.717) is 25.2 Å². The van der Waals surface area contributed by atoms with E-state index >= 15 is 0 Å². The van der Waals surface area contributed by atoms with Crippen molar-refractivity contribution < 1.29 is 19.7 Å². The van der Waals surface area contributed by atoms with E-state index < -0.39 is 12.1 Å². The van der Waals surface area contributed by atoms with Gasteiger partial charge in [0.05, 0.1) is 22.9 Å². The third-order valence-corrected chi connectivity index (χ3v) is 5.17. The van der Waals surface area contributed by atoms with Crippen LogP contribution in [0.3, 0.4) is 0 Å². The topological polar surface area (TPSA) is 79.7 Å². The summed E-state index contributed by atoms with van der Waals surface area (Å²) in [5, 5.41) is 20.8. The molecule has 0 bridgehead atoms. The average Bonchev–Trinajstić information content (AvgIpc) is 2.81. The highest BCUT2D eigenvalue weighted by Crippen LogP contribution is 2.24. The van der Waals surface area contributed by atoms with Crippen molar-refractivity contribution in [3.63, 3.8) is 0 Å². The van der Waals surface area contributed by atoms with Crippen LogP contribution in [-0.4, -0.2) is 21.2 Å². The number of aliphatic hydroxyl groups excluding tert-OH is 1. The number of carboxylic acids is 1. The predicted octanol–water partition coefficient (Wildman–Crippen LogP) is 5.18. The molecule has 2 N–H and O–H groups in total. The standard InChI is InChI=1S/C26H23NO4/c28-25(14-11-18-5-3-8-21(15-18)26(29)30)20-7-4-9-23(16-20)31-17-22-13-12-19-6-1-2-10-24(19)27-22/h1-10,12-13,15-16,25,28H,11,14,17H2,(H,29,30). The van der Waals surface area contributed by atoms with Crippen LogP contribution in [-0.2, 0) is 13.0 Å². The first kappa shape index (κ1) is 20.6. The lowest BCUT2D eigenvalue weighted by molar-refractivity contribution is 0.0696. The molecule has 3 aromatic carbocycles. The van der Waals surface area contributed by atoms with Crippen LogP contribution >= 0.6 is 0 Å². The predicted molar refractivity (Wildman–Crippen MR) is 119 cm³/mol. The van der Waals surface area contributed by atoms with Gasteiger partial charge in [-0.1, -0.05) is 48.5 Å². The highest BCUT2D eigenvalue weighted by atomic mass is 16.5. The van der Waals surface area contributed by atoms with Gasteiger partial charge in [-0.05, 0) is 60.4 Å². The summed E-state index contributed by atoms with van der Waals surface area (Å²) in [4.78, 5) is 15.7. The molecule has 1 heterocycles. The first-order valence-corrected chi connectivity index (χ1v) is 10.2. The fraction of sp³-hybridized carbons (Fsp3) is 0.154. The number of pyridine rings is 1. The van der Waals surface area contributed by atoms with Gasteiger partial charge in [0.25, 0.3) is 0 Å². The number of fused-ring (bicyclic) bond motifs is 1. The fourth-order valence-electron chi connectivity index (χ4n) is 3.49. The number of nitrogens with zero attached hydrogens (tertiary/aromatic N) is 1. The number of hydrogen-bond acceptors (Lipinski definition) is 4. The Bertz CT molecular complexity index is 1200. The summed E-state index contributed by atoms with van der Waals surface area (Å²) in [7, 11) is 0. The Hall–Kier alpha value is -3.70. The zero-order chi connectivity index (χ0) is 21.6. The molecule has 1 aromatic heterocycles. The molecule has 0 radical (unpaired) electrons. The van der Waals surface area contributed by atoms with Crippen LogP contribution in [0.2, 0.25) is 0 Å². The molecular formula is C26H23NO4. The quantitative estimate of drug-likeness (QED) is 0.416. The maximum Gasteiger partial charge on any atom is 0.335 e. The van der Waals surface area contributed by atoms with Crippen molar-refractivity contribution in [2.75, 3.05) is 0 Å².